The fourth-order valence-corrected chi connectivity index (χ4v) is 4.94. The highest BCUT2D eigenvalue weighted by molar-refractivity contribution is 9.10. The summed E-state index contributed by atoms with van der Waals surface area (Å²) in [4.78, 5) is 28.8. The van der Waals surface area contributed by atoms with Crippen molar-refractivity contribution in [3.05, 3.63) is 98.5 Å². The Kier molecular flexibility index (Phi) is 4.98. The minimum absolute atomic E-state index is 0.0431. The number of nitrogens with zero attached hydrogens (tertiary/aromatic N) is 3. The third-order valence-electron chi connectivity index (χ3n) is 6.32. The van der Waals surface area contributed by atoms with Crippen LogP contribution in [0.2, 0.25) is 0 Å². The lowest BCUT2D eigenvalue weighted by Crippen LogP contribution is -2.35. The zero-order valence-electron chi connectivity index (χ0n) is 17.3. The highest BCUT2D eigenvalue weighted by Crippen LogP contribution is 2.59. The Morgan fingerprint density at radius 2 is 1.72 bits per heavy atom. The van der Waals surface area contributed by atoms with Crippen LogP contribution in [-0.2, 0) is 0 Å². The topological polar surface area (TPSA) is 75.7 Å². The zero-order valence-corrected chi connectivity index (χ0v) is 18.9. The maximum absolute atomic E-state index is 13.8. The fourth-order valence-electron chi connectivity index (χ4n) is 4.68. The highest BCUT2D eigenvalue weighted by Gasteiger charge is 2.72. The molecule has 7 nitrogen and oxygen atoms in total. The van der Waals surface area contributed by atoms with Crippen molar-refractivity contribution in [2.75, 3.05) is 25.2 Å². The number of ketones is 1. The fraction of sp³-hybridized carbons (Fsp3) is 0.208. The smallest absolute Gasteiger partial charge is 0.269 e. The van der Waals surface area contributed by atoms with E-state index in [9.17, 15) is 14.9 Å². The van der Waals surface area contributed by atoms with Gasteiger partial charge in [0, 0.05) is 34.4 Å². The average molecular weight is 494 g/mol. The molecule has 0 amide bonds. The molecule has 8 heteroatoms. The number of anilines is 1. The van der Waals surface area contributed by atoms with Crippen LogP contribution in [0.25, 0.3) is 0 Å². The molecule has 3 aromatic carbocycles. The van der Waals surface area contributed by atoms with E-state index in [4.69, 9.17) is 4.74 Å². The van der Waals surface area contributed by atoms with Gasteiger partial charge in [0.1, 0.15) is 11.3 Å². The van der Waals surface area contributed by atoms with E-state index in [1.165, 1.54) is 12.1 Å². The van der Waals surface area contributed by atoms with Crippen LogP contribution in [0.3, 0.4) is 0 Å². The predicted molar refractivity (Wildman–Crippen MR) is 124 cm³/mol. The molecule has 2 saturated heterocycles. The van der Waals surface area contributed by atoms with Gasteiger partial charge in [0.15, 0.2) is 5.78 Å². The van der Waals surface area contributed by atoms with Crippen molar-refractivity contribution in [3.8, 4) is 5.75 Å². The van der Waals surface area contributed by atoms with Gasteiger partial charge in [-0.2, -0.15) is 0 Å². The SMILES string of the molecule is COc1ccc(C(=O)[C@@]23CN(c4ccc(Br)cc4)CN2[C@H]3c2ccc([N+](=O)[O-])cc2)cc1. The molecule has 2 heterocycles. The van der Waals surface area contributed by atoms with Crippen molar-refractivity contribution in [3.63, 3.8) is 0 Å². The number of non-ortho nitro benzene ring substituents is 1. The molecule has 0 N–H and O–H groups in total. The molecule has 0 radical (unpaired) electrons. The first-order valence-electron chi connectivity index (χ1n) is 10.1. The Morgan fingerprint density at radius 1 is 1.06 bits per heavy atom. The maximum Gasteiger partial charge on any atom is 0.269 e. The van der Waals surface area contributed by atoms with Crippen LogP contribution in [0.5, 0.6) is 5.75 Å². The van der Waals surface area contributed by atoms with Crippen LogP contribution >= 0.6 is 15.9 Å². The van der Waals surface area contributed by atoms with Gasteiger partial charge in [-0.15, -0.1) is 0 Å². The lowest BCUT2D eigenvalue weighted by Gasteiger charge is -2.24. The largest absolute Gasteiger partial charge is 0.497 e. The van der Waals surface area contributed by atoms with Crippen molar-refractivity contribution in [2.24, 2.45) is 0 Å². The van der Waals surface area contributed by atoms with Crippen molar-refractivity contribution in [1.82, 2.24) is 4.90 Å². The third kappa shape index (κ3) is 3.27. The summed E-state index contributed by atoms with van der Waals surface area (Å²) in [6.07, 6.45) is 0. The number of rotatable bonds is 6. The van der Waals surface area contributed by atoms with E-state index in [0.29, 0.717) is 24.5 Å². The van der Waals surface area contributed by atoms with Gasteiger partial charge in [-0.05, 0) is 54.1 Å². The molecular formula is C24H20BrN3O4. The summed E-state index contributed by atoms with van der Waals surface area (Å²) in [5, 5.41) is 11.0. The molecular weight excluding hydrogens is 474 g/mol. The molecule has 162 valence electrons. The number of ether oxygens (including phenoxy) is 1. The molecule has 0 saturated carbocycles. The van der Waals surface area contributed by atoms with Crippen molar-refractivity contribution in [2.45, 2.75) is 11.6 Å². The first-order valence-corrected chi connectivity index (χ1v) is 10.9. The van der Waals surface area contributed by atoms with Crippen molar-refractivity contribution < 1.29 is 14.5 Å². The Bertz CT molecular complexity index is 1180. The minimum atomic E-state index is -0.711. The monoisotopic (exact) mass is 493 g/mol. The normalized spacial score (nSPS) is 23.5. The molecule has 2 aliphatic rings. The van der Waals surface area contributed by atoms with E-state index in [1.54, 1.807) is 43.5 Å². The number of nitro groups is 1. The van der Waals surface area contributed by atoms with Gasteiger partial charge in [0.05, 0.1) is 24.7 Å². The van der Waals surface area contributed by atoms with Crippen LogP contribution in [0.4, 0.5) is 11.4 Å². The molecule has 3 aromatic rings. The number of halogens is 1. The molecule has 3 atom stereocenters. The van der Waals surface area contributed by atoms with Crippen LogP contribution in [0, 0.1) is 10.1 Å². The number of Topliss-reactive ketones (excluding diaryl/α,β-unsaturated/α-hetero) is 1. The van der Waals surface area contributed by atoms with Crippen molar-refractivity contribution >= 4 is 33.1 Å². The Hall–Kier alpha value is -3.23. The van der Waals surface area contributed by atoms with Crippen molar-refractivity contribution in [1.29, 1.82) is 0 Å². The van der Waals surface area contributed by atoms with Crippen LogP contribution < -0.4 is 9.64 Å². The number of hydrogen-bond donors (Lipinski definition) is 0. The van der Waals surface area contributed by atoms with Gasteiger partial charge >= 0.3 is 0 Å². The highest BCUT2D eigenvalue weighted by atomic mass is 79.9. The summed E-state index contributed by atoms with van der Waals surface area (Å²) < 4.78 is 6.23. The van der Waals surface area contributed by atoms with E-state index >= 15 is 0 Å². The summed E-state index contributed by atoms with van der Waals surface area (Å²) in [5.41, 5.74) is 1.91. The summed E-state index contributed by atoms with van der Waals surface area (Å²) >= 11 is 3.47. The van der Waals surface area contributed by atoms with E-state index < -0.39 is 10.5 Å². The Labute approximate surface area is 193 Å². The van der Waals surface area contributed by atoms with Crippen LogP contribution in [-0.4, -0.2) is 41.5 Å². The van der Waals surface area contributed by atoms with Gasteiger partial charge in [-0.1, -0.05) is 28.1 Å². The summed E-state index contributed by atoms with van der Waals surface area (Å²) in [6, 6.07) is 21.6. The second-order valence-electron chi connectivity index (χ2n) is 8.02. The van der Waals surface area contributed by atoms with E-state index in [2.05, 4.69) is 25.7 Å². The molecule has 0 aromatic heterocycles. The van der Waals surface area contributed by atoms with E-state index in [0.717, 1.165) is 15.7 Å². The van der Waals surface area contributed by atoms with Gasteiger partial charge in [0.2, 0.25) is 0 Å². The second kappa shape index (κ2) is 7.72. The predicted octanol–water partition coefficient (Wildman–Crippen LogP) is 4.82. The van der Waals surface area contributed by atoms with E-state index in [-0.39, 0.29) is 17.5 Å². The quantitative estimate of drug-likeness (QED) is 0.212. The van der Waals surface area contributed by atoms with Gasteiger partial charge < -0.3 is 9.64 Å². The van der Waals surface area contributed by atoms with Gasteiger partial charge in [-0.3, -0.25) is 19.8 Å². The average Bonchev–Trinajstić information content (AvgIpc) is 3.28. The number of methoxy groups -OCH3 is 1. The van der Waals surface area contributed by atoms with Gasteiger partial charge in [-0.25, -0.2) is 0 Å². The number of carbonyl (C=O) groups excluding carboxylic acids is 1. The number of carbonyl (C=O) groups is 1. The summed E-state index contributed by atoms with van der Waals surface area (Å²) in [7, 11) is 1.59. The molecule has 32 heavy (non-hydrogen) atoms. The standard InChI is InChI=1S/C24H20BrN3O4/c1-32-21-12-4-17(5-13-21)23(29)24-14-26(19-10-6-18(25)7-11-19)15-27(24)22(24)16-2-8-20(9-3-16)28(30)31/h2-13,22H,14-15H2,1H3/t22-,24-,27?/m0/s1. The maximum atomic E-state index is 13.8. The van der Waals surface area contributed by atoms with Crippen LogP contribution in [0.1, 0.15) is 22.0 Å². The lowest BCUT2D eigenvalue weighted by molar-refractivity contribution is -0.384. The molecule has 0 aliphatic carbocycles. The second-order valence-corrected chi connectivity index (χ2v) is 8.93. The van der Waals surface area contributed by atoms with E-state index in [1.807, 2.05) is 24.3 Å². The number of fused-ring (bicyclic) bond motifs is 1. The Morgan fingerprint density at radius 3 is 2.31 bits per heavy atom. The number of benzene rings is 3. The lowest BCUT2D eigenvalue weighted by atomic mass is 9.90. The number of hydrogen-bond acceptors (Lipinski definition) is 6. The number of nitro benzene ring substituents is 1. The summed E-state index contributed by atoms with van der Waals surface area (Å²) in [5.74, 6) is 0.740. The Balaban J connectivity index is 1.49. The zero-order chi connectivity index (χ0) is 22.5. The molecule has 0 spiro atoms. The third-order valence-corrected chi connectivity index (χ3v) is 6.85. The molecule has 2 fully saturated rings. The first-order chi connectivity index (χ1) is 15.4. The molecule has 2 aliphatic heterocycles. The molecule has 1 unspecified atom stereocenters. The van der Waals surface area contributed by atoms with Gasteiger partial charge in [0.25, 0.3) is 5.69 Å². The molecule has 0 bridgehead atoms. The summed E-state index contributed by atoms with van der Waals surface area (Å²) in [6.45, 7) is 1.15. The molecule has 5 rings (SSSR count). The minimum Gasteiger partial charge on any atom is -0.497 e. The first kappa shape index (κ1) is 20.7. The van der Waals surface area contributed by atoms with Crippen LogP contribution in [0.15, 0.2) is 77.3 Å².